The lowest BCUT2D eigenvalue weighted by molar-refractivity contribution is 0.0698. The van der Waals surface area contributed by atoms with Gasteiger partial charge < -0.3 is 16.2 Å². The quantitative estimate of drug-likeness (QED) is 0.793. The fraction of sp³-hybridized carbons (Fsp3) is 0. The maximum atomic E-state index is 13.4. The van der Waals surface area contributed by atoms with Crippen LogP contribution in [-0.2, 0) is 0 Å². The minimum absolute atomic E-state index is 0.0160. The van der Waals surface area contributed by atoms with Crippen LogP contribution in [0.3, 0.4) is 0 Å². The van der Waals surface area contributed by atoms with Crippen LogP contribution in [0.1, 0.15) is 10.4 Å². The van der Waals surface area contributed by atoms with E-state index >= 15 is 0 Å². The summed E-state index contributed by atoms with van der Waals surface area (Å²) in [5.74, 6) is -3.27. The smallest absolute Gasteiger partial charge is 0.337 e. The molecule has 7 heteroatoms. The van der Waals surface area contributed by atoms with Crippen molar-refractivity contribution in [1.29, 1.82) is 0 Å². The minimum Gasteiger partial charge on any atom is -0.478 e. The monoisotopic (exact) mass is 265 g/mol. The van der Waals surface area contributed by atoms with Gasteiger partial charge in [-0.15, -0.1) is 0 Å². The molecule has 0 spiro atoms. The fourth-order valence-electron chi connectivity index (χ4n) is 1.46. The molecule has 0 aliphatic heterocycles. The SMILES string of the molecule is Nc1cnc(Nc2cccc(F)c2F)cc1C(=O)O. The molecule has 0 saturated carbocycles. The molecule has 1 aromatic heterocycles. The Morgan fingerprint density at radius 2 is 2.11 bits per heavy atom. The van der Waals surface area contributed by atoms with Crippen LogP contribution in [-0.4, -0.2) is 16.1 Å². The summed E-state index contributed by atoms with van der Waals surface area (Å²) in [6, 6.07) is 4.73. The van der Waals surface area contributed by atoms with E-state index in [2.05, 4.69) is 10.3 Å². The largest absolute Gasteiger partial charge is 0.478 e. The molecule has 98 valence electrons. The van der Waals surface area contributed by atoms with Gasteiger partial charge >= 0.3 is 5.97 Å². The predicted molar refractivity (Wildman–Crippen MR) is 65.2 cm³/mol. The van der Waals surface area contributed by atoms with Crippen molar-refractivity contribution >= 4 is 23.2 Å². The summed E-state index contributed by atoms with van der Waals surface area (Å²) in [6.45, 7) is 0. The van der Waals surface area contributed by atoms with E-state index < -0.39 is 17.6 Å². The molecule has 0 aliphatic rings. The summed E-state index contributed by atoms with van der Waals surface area (Å²) in [5, 5.41) is 11.4. The summed E-state index contributed by atoms with van der Waals surface area (Å²) < 4.78 is 26.4. The molecular formula is C12H9F2N3O2. The number of benzene rings is 1. The Hall–Kier alpha value is -2.70. The molecule has 1 heterocycles. The van der Waals surface area contributed by atoms with Crippen molar-refractivity contribution in [3.05, 3.63) is 47.7 Å². The molecule has 0 bridgehead atoms. The number of aromatic nitrogens is 1. The van der Waals surface area contributed by atoms with Crippen LogP contribution in [0.25, 0.3) is 0 Å². The number of hydrogen-bond acceptors (Lipinski definition) is 4. The molecule has 0 radical (unpaired) electrons. The van der Waals surface area contributed by atoms with Crippen molar-refractivity contribution in [3.8, 4) is 0 Å². The van der Waals surface area contributed by atoms with E-state index in [1.807, 2.05) is 0 Å². The number of rotatable bonds is 3. The van der Waals surface area contributed by atoms with Gasteiger partial charge in [-0.3, -0.25) is 0 Å². The Morgan fingerprint density at radius 1 is 1.37 bits per heavy atom. The maximum Gasteiger partial charge on any atom is 0.337 e. The molecule has 0 atom stereocenters. The first-order valence-corrected chi connectivity index (χ1v) is 5.19. The zero-order valence-electron chi connectivity index (χ0n) is 9.52. The van der Waals surface area contributed by atoms with Crippen LogP contribution in [0.15, 0.2) is 30.5 Å². The van der Waals surface area contributed by atoms with Gasteiger partial charge in [0.1, 0.15) is 5.82 Å². The normalized spacial score (nSPS) is 10.2. The molecule has 2 rings (SSSR count). The number of anilines is 3. The third-order valence-corrected chi connectivity index (χ3v) is 2.38. The topological polar surface area (TPSA) is 88.2 Å². The van der Waals surface area contributed by atoms with Gasteiger partial charge in [0.25, 0.3) is 0 Å². The summed E-state index contributed by atoms with van der Waals surface area (Å²) in [6.07, 6.45) is 1.13. The number of pyridine rings is 1. The Bertz CT molecular complexity index is 647. The van der Waals surface area contributed by atoms with E-state index in [9.17, 15) is 13.6 Å². The summed E-state index contributed by atoms with van der Waals surface area (Å²) in [7, 11) is 0. The number of hydrogen-bond donors (Lipinski definition) is 3. The summed E-state index contributed by atoms with van der Waals surface area (Å²) in [4.78, 5) is 14.7. The lowest BCUT2D eigenvalue weighted by Gasteiger charge is -2.08. The molecular weight excluding hydrogens is 256 g/mol. The molecule has 2 aromatic rings. The number of halogens is 2. The predicted octanol–water partition coefficient (Wildman–Crippen LogP) is 2.38. The van der Waals surface area contributed by atoms with Gasteiger partial charge in [-0.1, -0.05) is 6.07 Å². The van der Waals surface area contributed by atoms with Crippen molar-refractivity contribution in [2.45, 2.75) is 0 Å². The first kappa shape index (κ1) is 12.7. The van der Waals surface area contributed by atoms with E-state index in [4.69, 9.17) is 10.8 Å². The average Bonchev–Trinajstić information content (AvgIpc) is 2.37. The summed E-state index contributed by atoms with van der Waals surface area (Å²) >= 11 is 0. The Kier molecular flexibility index (Phi) is 3.28. The number of carboxylic acid groups (broad SMARTS) is 1. The molecule has 5 nitrogen and oxygen atoms in total. The molecule has 0 unspecified atom stereocenters. The zero-order chi connectivity index (χ0) is 14.0. The Balaban J connectivity index is 2.36. The molecule has 0 aliphatic carbocycles. The van der Waals surface area contributed by atoms with E-state index in [1.165, 1.54) is 12.1 Å². The second-order valence-electron chi connectivity index (χ2n) is 3.69. The third kappa shape index (κ3) is 2.59. The highest BCUT2D eigenvalue weighted by atomic mass is 19.2. The van der Waals surface area contributed by atoms with Crippen LogP contribution in [0.4, 0.5) is 26.0 Å². The second kappa shape index (κ2) is 4.89. The number of nitrogens with one attached hydrogen (secondary N) is 1. The second-order valence-corrected chi connectivity index (χ2v) is 3.69. The van der Waals surface area contributed by atoms with E-state index in [-0.39, 0.29) is 22.8 Å². The molecule has 1 aromatic carbocycles. The molecule has 4 N–H and O–H groups in total. The van der Waals surface area contributed by atoms with Crippen LogP contribution >= 0.6 is 0 Å². The molecule has 0 amide bonds. The fourth-order valence-corrected chi connectivity index (χ4v) is 1.46. The number of aromatic carboxylic acids is 1. The summed E-state index contributed by atoms with van der Waals surface area (Å²) in [5.41, 5.74) is 5.10. The standard InChI is InChI=1S/C12H9F2N3O2/c13-7-2-1-3-9(11(7)14)17-10-4-6(12(18)19)8(15)5-16-10/h1-5H,15H2,(H,16,17)(H,18,19). The number of carboxylic acids is 1. The van der Waals surface area contributed by atoms with E-state index in [0.29, 0.717) is 0 Å². The highest BCUT2D eigenvalue weighted by molar-refractivity contribution is 5.94. The van der Waals surface area contributed by atoms with Crippen molar-refractivity contribution in [3.63, 3.8) is 0 Å². The Morgan fingerprint density at radius 3 is 2.79 bits per heavy atom. The van der Waals surface area contributed by atoms with Gasteiger partial charge in [0, 0.05) is 0 Å². The molecule has 0 saturated heterocycles. The van der Waals surface area contributed by atoms with Crippen molar-refractivity contribution in [1.82, 2.24) is 4.98 Å². The number of nitrogens with two attached hydrogens (primary N) is 1. The van der Waals surface area contributed by atoms with Crippen LogP contribution in [0, 0.1) is 11.6 Å². The number of carbonyl (C=O) groups is 1. The van der Waals surface area contributed by atoms with Gasteiger partial charge in [0.05, 0.1) is 23.1 Å². The van der Waals surface area contributed by atoms with Gasteiger partial charge in [-0.2, -0.15) is 0 Å². The third-order valence-electron chi connectivity index (χ3n) is 2.38. The Labute approximate surface area is 106 Å². The van der Waals surface area contributed by atoms with Gasteiger partial charge in [-0.25, -0.2) is 18.6 Å². The van der Waals surface area contributed by atoms with E-state index in [0.717, 1.165) is 18.3 Å². The minimum atomic E-state index is -1.23. The van der Waals surface area contributed by atoms with Crippen molar-refractivity contribution in [2.75, 3.05) is 11.1 Å². The molecule has 19 heavy (non-hydrogen) atoms. The van der Waals surface area contributed by atoms with E-state index in [1.54, 1.807) is 0 Å². The maximum absolute atomic E-state index is 13.4. The van der Waals surface area contributed by atoms with Crippen LogP contribution < -0.4 is 11.1 Å². The highest BCUT2D eigenvalue weighted by Gasteiger charge is 2.12. The van der Waals surface area contributed by atoms with Crippen LogP contribution in [0.5, 0.6) is 0 Å². The number of nitrogens with zero attached hydrogens (tertiary/aromatic N) is 1. The number of nitrogen functional groups attached to an aromatic ring is 1. The first-order valence-electron chi connectivity index (χ1n) is 5.19. The first-order chi connectivity index (χ1) is 8.99. The molecule has 0 fully saturated rings. The lowest BCUT2D eigenvalue weighted by Crippen LogP contribution is -2.05. The van der Waals surface area contributed by atoms with Crippen LogP contribution in [0.2, 0.25) is 0 Å². The zero-order valence-corrected chi connectivity index (χ0v) is 9.52. The van der Waals surface area contributed by atoms with Crippen molar-refractivity contribution < 1.29 is 18.7 Å². The lowest BCUT2D eigenvalue weighted by atomic mass is 10.2. The average molecular weight is 265 g/mol. The van der Waals surface area contributed by atoms with Gasteiger partial charge in [-0.05, 0) is 18.2 Å². The van der Waals surface area contributed by atoms with Crippen molar-refractivity contribution in [2.24, 2.45) is 0 Å². The van der Waals surface area contributed by atoms with Gasteiger partial charge in [0.2, 0.25) is 0 Å². The highest BCUT2D eigenvalue weighted by Crippen LogP contribution is 2.22. The van der Waals surface area contributed by atoms with Gasteiger partial charge in [0.15, 0.2) is 11.6 Å².